The Morgan fingerprint density at radius 1 is 0.938 bits per heavy atom. The molecule has 0 unspecified atom stereocenters. The minimum Gasteiger partial charge on any atom is -0.0613 e. The molecule has 0 nitrogen and oxygen atoms in total. The fraction of sp³-hybridized carbons (Fsp3) is 0.375. The Morgan fingerprint density at radius 2 is 1.69 bits per heavy atom. The summed E-state index contributed by atoms with van der Waals surface area (Å²) in [6, 6.07) is 9.05. The lowest BCUT2D eigenvalue weighted by Gasteiger charge is -2.14. The molecule has 0 amide bonds. The van der Waals surface area contributed by atoms with Gasteiger partial charge in [-0.1, -0.05) is 38.1 Å². The fourth-order valence-electron chi connectivity index (χ4n) is 2.58. The largest absolute Gasteiger partial charge is 0.0613 e. The maximum absolute atomic E-state index is 2.35. The van der Waals surface area contributed by atoms with Gasteiger partial charge in [0.25, 0.3) is 0 Å². The maximum Gasteiger partial charge on any atom is -0.0146 e. The van der Waals surface area contributed by atoms with E-state index in [2.05, 4.69) is 52.0 Å². The summed E-state index contributed by atoms with van der Waals surface area (Å²) in [5.74, 6) is 0. The summed E-state index contributed by atoms with van der Waals surface area (Å²) in [5, 5.41) is 2.90. The van der Waals surface area contributed by atoms with Gasteiger partial charge in [0, 0.05) is 0 Å². The molecule has 0 spiro atoms. The van der Waals surface area contributed by atoms with Crippen molar-refractivity contribution in [3.05, 3.63) is 46.5 Å². The van der Waals surface area contributed by atoms with Gasteiger partial charge in [-0.05, 0) is 59.7 Å². The third-order valence-electron chi connectivity index (χ3n) is 3.66. The molecular formula is C16H20. The standard InChI is InChI=1S/C16H20/c1-5-13-8-7-9-15-14(6-2)12(4)11(3)10-16(13)15/h7-10H,5-6H2,1-4H3. The summed E-state index contributed by atoms with van der Waals surface area (Å²) < 4.78 is 0. The third-order valence-corrected chi connectivity index (χ3v) is 3.66. The summed E-state index contributed by atoms with van der Waals surface area (Å²) in [7, 11) is 0. The van der Waals surface area contributed by atoms with Crippen LogP contribution in [0.1, 0.15) is 36.1 Å². The van der Waals surface area contributed by atoms with Crippen LogP contribution in [0.25, 0.3) is 10.8 Å². The highest BCUT2D eigenvalue weighted by Gasteiger charge is 2.08. The van der Waals surface area contributed by atoms with Crippen molar-refractivity contribution in [2.75, 3.05) is 0 Å². The molecule has 0 aromatic heterocycles. The van der Waals surface area contributed by atoms with Crippen LogP contribution in [0.5, 0.6) is 0 Å². The van der Waals surface area contributed by atoms with Gasteiger partial charge in [-0.2, -0.15) is 0 Å². The number of rotatable bonds is 2. The van der Waals surface area contributed by atoms with Crippen molar-refractivity contribution in [3.8, 4) is 0 Å². The lowest BCUT2D eigenvalue weighted by molar-refractivity contribution is 1.11. The van der Waals surface area contributed by atoms with Crippen molar-refractivity contribution < 1.29 is 0 Å². The van der Waals surface area contributed by atoms with Crippen LogP contribution in [0.15, 0.2) is 24.3 Å². The van der Waals surface area contributed by atoms with E-state index >= 15 is 0 Å². The first-order valence-corrected chi connectivity index (χ1v) is 6.19. The smallest absolute Gasteiger partial charge is 0.0146 e. The SMILES string of the molecule is CCc1cccc2c(CC)c(C)c(C)cc12. The number of fused-ring (bicyclic) bond motifs is 1. The van der Waals surface area contributed by atoms with Gasteiger partial charge in [-0.15, -0.1) is 0 Å². The third kappa shape index (κ3) is 1.63. The fourth-order valence-corrected chi connectivity index (χ4v) is 2.58. The predicted molar refractivity (Wildman–Crippen MR) is 72.2 cm³/mol. The highest BCUT2D eigenvalue weighted by molar-refractivity contribution is 5.90. The number of benzene rings is 2. The summed E-state index contributed by atoms with van der Waals surface area (Å²) >= 11 is 0. The molecule has 0 radical (unpaired) electrons. The number of aryl methyl sites for hydroxylation is 3. The topological polar surface area (TPSA) is 0 Å². The van der Waals surface area contributed by atoms with E-state index < -0.39 is 0 Å². The molecule has 0 heterocycles. The summed E-state index contributed by atoms with van der Waals surface area (Å²) in [6.45, 7) is 8.95. The molecule has 0 saturated heterocycles. The molecule has 0 N–H and O–H groups in total. The monoisotopic (exact) mass is 212 g/mol. The Bertz CT molecular complexity index is 521. The minimum atomic E-state index is 1.11. The van der Waals surface area contributed by atoms with Crippen LogP contribution < -0.4 is 0 Å². The molecule has 0 heteroatoms. The molecule has 2 rings (SSSR count). The van der Waals surface area contributed by atoms with Gasteiger partial charge >= 0.3 is 0 Å². The van der Waals surface area contributed by atoms with E-state index in [1.807, 2.05) is 0 Å². The van der Waals surface area contributed by atoms with Gasteiger partial charge in [0.15, 0.2) is 0 Å². The Kier molecular flexibility index (Phi) is 3.00. The molecule has 0 aliphatic rings. The average molecular weight is 212 g/mol. The van der Waals surface area contributed by atoms with Crippen LogP contribution in [0.3, 0.4) is 0 Å². The lowest BCUT2D eigenvalue weighted by Crippen LogP contribution is -1.95. The zero-order chi connectivity index (χ0) is 11.7. The Morgan fingerprint density at radius 3 is 2.31 bits per heavy atom. The quantitative estimate of drug-likeness (QED) is 0.683. The first kappa shape index (κ1) is 11.2. The van der Waals surface area contributed by atoms with Gasteiger partial charge < -0.3 is 0 Å². The molecule has 0 aliphatic carbocycles. The molecule has 0 atom stereocenters. The predicted octanol–water partition coefficient (Wildman–Crippen LogP) is 4.58. The van der Waals surface area contributed by atoms with E-state index in [0.29, 0.717) is 0 Å². The van der Waals surface area contributed by atoms with Crippen LogP contribution in [0.4, 0.5) is 0 Å². The molecule has 0 saturated carbocycles. The average Bonchev–Trinajstić information content (AvgIpc) is 2.30. The normalized spacial score (nSPS) is 11.0. The van der Waals surface area contributed by atoms with Gasteiger partial charge in [0.2, 0.25) is 0 Å². The van der Waals surface area contributed by atoms with Crippen LogP contribution in [-0.4, -0.2) is 0 Å². The Balaban J connectivity index is 2.89. The maximum atomic E-state index is 2.35. The Hall–Kier alpha value is -1.30. The highest BCUT2D eigenvalue weighted by atomic mass is 14.1. The summed E-state index contributed by atoms with van der Waals surface area (Å²) in [4.78, 5) is 0. The molecule has 2 aromatic carbocycles. The van der Waals surface area contributed by atoms with Crippen molar-refractivity contribution >= 4 is 10.8 Å². The van der Waals surface area contributed by atoms with E-state index in [1.165, 1.54) is 33.0 Å². The zero-order valence-electron chi connectivity index (χ0n) is 10.7. The van der Waals surface area contributed by atoms with Crippen LogP contribution >= 0.6 is 0 Å². The second-order valence-corrected chi connectivity index (χ2v) is 4.52. The second-order valence-electron chi connectivity index (χ2n) is 4.52. The van der Waals surface area contributed by atoms with E-state index in [0.717, 1.165) is 12.8 Å². The van der Waals surface area contributed by atoms with Gasteiger partial charge in [0.1, 0.15) is 0 Å². The molecule has 2 aromatic rings. The first-order valence-electron chi connectivity index (χ1n) is 6.19. The van der Waals surface area contributed by atoms with Gasteiger partial charge in [0.05, 0.1) is 0 Å². The molecular weight excluding hydrogens is 192 g/mol. The minimum absolute atomic E-state index is 1.11. The number of hydrogen-bond donors (Lipinski definition) is 0. The van der Waals surface area contributed by atoms with Crippen molar-refractivity contribution in [1.29, 1.82) is 0 Å². The Labute approximate surface area is 98.3 Å². The molecule has 0 bridgehead atoms. The summed E-state index contributed by atoms with van der Waals surface area (Å²) in [6.07, 6.45) is 2.24. The first-order chi connectivity index (χ1) is 7.69. The van der Waals surface area contributed by atoms with E-state index in [1.54, 1.807) is 0 Å². The molecule has 0 fully saturated rings. The lowest BCUT2D eigenvalue weighted by atomic mass is 9.91. The van der Waals surface area contributed by atoms with E-state index in [9.17, 15) is 0 Å². The number of hydrogen-bond acceptors (Lipinski definition) is 0. The van der Waals surface area contributed by atoms with Crippen LogP contribution in [0.2, 0.25) is 0 Å². The molecule has 0 aliphatic heterocycles. The van der Waals surface area contributed by atoms with Gasteiger partial charge in [-0.3, -0.25) is 0 Å². The van der Waals surface area contributed by atoms with E-state index in [-0.39, 0.29) is 0 Å². The highest BCUT2D eigenvalue weighted by Crippen LogP contribution is 2.28. The van der Waals surface area contributed by atoms with Crippen molar-refractivity contribution in [2.45, 2.75) is 40.5 Å². The summed E-state index contributed by atoms with van der Waals surface area (Å²) in [5.41, 5.74) is 5.87. The van der Waals surface area contributed by atoms with Gasteiger partial charge in [-0.25, -0.2) is 0 Å². The van der Waals surface area contributed by atoms with Crippen molar-refractivity contribution in [3.63, 3.8) is 0 Å². The van der Waals surface area contributed by atoms with Crippen molar-refractivity contribution in [2.24, 2.45) is 0 Å². The van der Waals surface area contributed by atoms with Crippen LogP contribution in [0, 0.1) is 13.8 Å². The molecule has 16 heavy (non-hydrogen) atoms. The van der Waals surface area contributed by atoms with E-state index in [4.69, 9.17) is 0 Å². The van der Waals surface area contributed by atoms with Crippen LogP contribution in [-0.2, 0) is 12.8 Å². The molecule has 84 valence electrons. The zero-order valence-corrected chi connectivity index (χ0v) is 10.7. The second kappa shape index (κ2) is 4.29. The van der Waals surface area contributed by atoms with Crippen molar-refractivity contribution in [1.82, 2.24) is 0 Å².